The molecule has 5 atom stereocenters. The van der Waals surface area contributed by atoms with Crippen molar-refractivity contribution in [2.45, 2.75) is 37.9 Å². The Morgan fingerprint density at radius 3 is 2.71 bits per heavy atom. The molecule has 2 aliphatic rings. The summed E-state index contributed by atoms with van der Waals surface area (Å²) in [7, 11) is 1.42. The first-order valence-electron chi connectivity index (χ1n) is 6.47. The number of hydrogen-bond donors (Lipinski definition) is 2. The van der Waals surface area contributed by atoms with E-state index in [0.29, 0.717) is 5.56 Å². The van der Waals surface area contributed by atoms with Crippen molar-refractivity contribution in [3.05, 3.63) is 32.6 Å². The molecule has 116 valence electrons. The second kappa shape index (κ2) is 5.35. The van der Waals surface area contributed by atoms with Crippen molar-refractivity contribution >= 4 is 0 Å². The highest BCUT2D eigenvalue weighted by atomic mass is 16.9. The Bertz CT molecular complexity index is 639. The number of methoxy groups -OCH3 is 1. The lowest BCUT2D eigenvalue weighted by atomic mass is 10.1. The van der Waals surface area contributed by atoms with Gasteiger partial charge in [0.15, 0.2) is 6.23 Å². The van der Waals surface area contributed by atoms with Crippen LogP contribution in [-0.4, -0.2) is 53.2 Å². The first-order valence-corrected chi connectivity index (χ1v) is 6.47. The second-order valence-corrected chi connectivity index (χ2v) is 4.95. The number of aliphatic hydroxyl groups is 1. The van der Waals surface area contributed by atoms with Crippen molar-refractivity contribution < 1.29 is 24.1 Å². The second-order valence-electron chi connectivity index (χ2n) is 4.95. The van der Waals surface area contributed by atoms with E-state index in [1.807, 2.05) is 0 Å². The molecule has 0 amide bonds. The van der Waals surface area contributed by atoms with E-state index in [-0.39, 0.29) is 6.61 Å². The van der Waals surface area contributed by atoms with E-state index >= 15 is 0 Å². The molecule has 21 heavy (non-hydrogen) atoms. The Balaban J connectivity index is 1.97. The monoisotopic (exact) mass is 300 g/mol. The van der Waals surface area contributed by atoms with E-state index in [1.165, 1.54) is 17.9 Å². The predicted molar refractivity (Wildman–Crippen MR) is 67.6 cm³/mol. The number of nitrogens with zero attached hydrogens (tertiary/aromatic N) is 1. The van der Waals surface area contributed by atoms with Gasteiger partial charge in [-0.2, -0.15) is 0 Å². The molecule has 9 nitrogen and oxygen atoms in total. The highest BCUT2D eigenvalue weighted by molar-refractivity contribution is 5.04. The number of aryl methyl sites for hydroxylation is 1. The summed E-state index contributed by atoms with van der Waals surface area (Å²) in [6, 6.07) is 0. The number of aliphatic hydroxyl groups excluding tert-OH is 1. The van der Waals surface area contributed by atoms with Crippen molar-refractivity contribution in [2.24, 2.45) is 0 Å². The van der Waals surface area contributed by atoms with Gasteiger partial charge in [-0.15, -0.1) is 0 Å². The molecule has 0 spiro atoms. The molecule has 2 unspecified atom stereocenters. The quantitative estimate of drug-likeness (QED) is 0.695. The fourth-order valence-electron chi connectivity index (χ4n) is 2.56. The van der Waals surface area contributed by atoms with Crippen LogP contribution in [0.1, 0.15) is 11.8 Å². The van der Waals surface area contributed by atoms with Gasteiger partial charge in [-0.25, -0.2) is 4.79 Å². The van der Waals surface area contributed by atoms with Gasteiger partial charge in [0.05, 0.1) is 6.61 Å². The van der Waals surface area contributed by atoms with Gasteiger partial charge in [0.2, 0.25) is 0 Å². The molecule has 2 N–H and O–H groups in total. The standard InChI is InChI=1S/C12H16N2O7/c1-5-3-14(11(17)13-9(5)16)10-8-7(6(4-15)19-10)20-12(18-2)21-8/h3,6-8,10,12,15H,4H2,1-2H3,(H,13,16,17)/t6-,7+,8?,10-,12?/m1/s1. The highest BCUT2D eigenvalue weighted by Gasteiger charge is 2.53. The first-order chi connectivity index (χ1) is 10.0. The molecule has 3 heterocycles. The molecule has 2 saturated heterocycles. The first kappa shape index (κ1) is 14.4. The predicted octanol–water partition coefficient (Wildman–Crippen LogP) is -1.55. The Morgan fingerprint density at radius 2 is 2.05 bits per heavy atom. The molecule has 2 fully saturated rings. The lowest BCUT2D eigenvalue weighted by molar-refractivity contribution is -0.257. The number of aromatic nitrogens is 2. The molecule has 0 radical (unpaired) electrons. The molecule has 1 aromatic heterocycles. The van der Waals surface area contributed by atoms with Crippen molar-refractivity contribution in [3.63, 3.8) is 0 Å². The largest absolute Gasteiger partial charge is 0.394 e. The van der Waals surface area contributed by atoms with E-state index in [1.54, 1.807) is 6.92 Å². The van der Waals surface area contributed by atoms with Crippen LogP contribution in [-0.2, 0) is 18.9 Å². The van der Waals surface area contributed by atoms with E-state index in [2.05, 4.69) is 4.98 Å². The minimum Gasteiger partial charge on any atom is -0.394 e. The third-order valence-electron chi connectivity index (χ3n) is 3.61. The molecule has 0 aliphatic carbocycles. The number of H-pyrrole nitrogens is 1. The summed E-state index contributed by atoms with van der Waals surface area (Å²) in [5, 5.41) is 9.36. The summed E-state index contributed by atoms with van der Waals surface area (Å²) >= 11 is 0. The topological polar surface area (TPSA) is 112 Å². The Kier molecular flexibility index (Phi) is 3.68. The maximum absolute atomic E-state index is 12.0. The zero-order chi connectivity index (χ0) is 15.1. The van der Waals surface area contributed by atoms with Crippen LogP contribution >= 0.6 is 0 Å². The summed E-state index contributed by atoms with van der Waals surface area (Å²) < 4.78 is 22.8. The molecule has 0 bridgehead atoms. The number of fused-ring (bicyclic) bond motifs is 1. The molecule has 2 aliphatic heterocycles. The van der Waals surface area contributed by atoms with Gasteiger partial charge in [-0.05, 0) is 6.92 Å². The van der Waals surface area contributed by atoms with Crippen LogP contribution in [0, 0.1) is 6.92 Å². The number of nitrogens with one attached hydrogen (secondary N) is 1. The minimum atomic E-state index is -0.875. The van der Waals surface area contributed by atoms with E-state index in [0.717, 1.165) is 0 Å². The molecule has 0 saturated carbocycles. The van der Waals surface area contributed by atoms with Crippen LogP contribution in [0.5, 0.6) is 0 Å². The lowest BCUT2D eigenvalue weighted by Gasteiger charge is -2.20. The van der Waals surface area contributed by atoms with Crippen LogP contribution in [0.2, 0.25) is 0 Å². The molecule has 0 aromatic carbocycles. The van der Waals surface area contributed by atoms with E-state index < -0.39 is 42.3 Å². The van der Waals surface area contributed by atoms with Crippen LogP contribution in [0.25, 0.3) is 0 Å². The Labute approximate surface area is 119 Å². The van der Waals surface area contributed by atoms with Gasteiger partial charge >= 0.3 is 5.69 Å². The highest BCUT2D eigenvalue weighted by Crippen LogP contribution is 2.38. The van der Waals surface area contributed by atoms with Crippen molar-refractivity contribution in [1.29, 1.82) is 0 Å². The summed E-state index contributed by atoms with van der Waals surface area (Å²) in [6.07, 6.45) is -1.22. The van der Waals surface area contributed by atoms with Crippen LogP contribution in [0.15, 0.2) is 15.8 Å². The maximum atomic E-state index is 12.0. The molecule has 3 rings (SSSR count). The average Bonchev–Trinajstić information content (AvgIpc) is 3.01. The number of rotatable bonds is 3. The van der Waals surface area contributed by atoms with E-state index in [9.17, 15) is 14.7 Å². The van der Waals surface area contributed by atoms with Gasteiger partial charge < -0.3 is 24.1 Å². The Hall–Kier alpha value is -1.52. The maximum Gasteiger partial charge on any atom is 0.330 e. The molecule has 1 aromatic rings. The van der Waals surface area contributed by atoms with Gasteiger partial charge in [0.1, 0.15) is 18.3 Å². The van der Waals surface area contributed by atoms with Crippen LogP contribution < -0.4 is 11.2 Å². The number of aromatic amines is 1. The average molecular weight is 300 g/mol. The number of hydrogen-bond acceptors (Lipinski definition) is 7. The van der Waals surface area contributed by atoms with Gasteiger partial charge in [0, 0.05) is 18.9 Å². The summed E-state index contributed by atoms with van der Waals surface area (Å²) in [4.78, 5) is 25.6. The normalized spacial score (nSPS) is 35.1. The summed E-state index contributed by atoms with van der Waals surface area (Å²) in [6.45, 7) is 0.420. The number of ether oxygens (including phenoxy) is 4. The van der Waals surface area contributed by atoms with Crippen LogP contribution in [0.3, 0.4) is 0 Å². The third kappa shape index (κ3) is 2.32. The lowest BCUT2D eigenvalue weighted by Crippen LogP contribution is -2.37. The zero-order valence-corrected chi connectivity index (χ0v) is 11.5. The van der Waals surface area contributed by atoms with Gasteiger partial charge in [-0.1, -0.05) is 0 Å². The summed E-state index contributed by atoms with van der Waals surface area (Å²) in [5.74, 6) is 0. The third-order valence-corrected chi connectivity index (χ3v) is 3.61. The SMILES string of the molecule is COC1OC2[C@@H](O1)[C@@H](CO)O[C@H]2n1cc(C)c(=O)[nH]c1=O. The van der Waals surface area contributed by atoms with Gasteiger partial charge in [-0.3, -0.25) is 14.3 Å². The smallest absolute Gasteiger partial charge is 0.330 e. The zero-order valence-electron chi connectivity index (χ0n) is 11.5. The Morgan fingerprint density at radius 1 is 1.33 bits per heavy atom. The van der Waals surface area contributed by atoms with Crippen LogP contribution in [0.4, 0.5) is 0 Å². The fourth-order valence-corrected chi connectivity index (χ4v) is 2.56. The van der Waals surface area contributed by atoms with E-state index in [4.69, 9.17) is 18.9 Å². The van der Waals surface area contributed by atoms with Crippen molar-refractivity contribution in [1.82, 2.24) is 9.55 Å². The van der Waals surface area contributed by atoms with Crippen molar-refractivity contribution in [2.75, 3.05) is 13.7 Å². The fraction of sp³-hybridized carbons (Fsp3) is 0.667. The molecule has 9 heteroatoms. The molecular formula is C12H16N2O7. The minimum absolute atomic E-state index is 0.283. The van der Waals surface area contributed by atoms with Crippen molar-refractivity contribution in [3.8, 4) is 0 Å². The van der Waals surface area contributed by atoms with Gasteiger partial charge in [0.25, 0.3) is 12.0 Å². The molecular weight excluding hydrogens is 284 g/mol. The summed E-state index contributed by atoms with van der Waals surface area (Å²) in [5.41, 5.74) is -0.704.